The average molecular weight is 503 g/mol. The zero-order valence-corrected chi connectivity index (χ0v) is 19.6. The predicted molar refractivity (Wildman–Crippen MR) is 126 cm³/mol. The Kier molecular flexibility index (Phi) is 7.54. The first kappa shape index (κ1) is 24.7. The van der Waals surface area contributed by atoms with Gasteiger partial charge >= 0.3 is 11.9 Å². The first-order valence-electron chi connectivity index (χ1n) is 9.65. The number of rotatable bonds is 7. The lowest BCUT2D eigenvalue weighted by Crippen LogP contribution is -2.17. The Labute approximate surface area is 200 Å². The first-order chi connectivity index (χ1) is 16.1. The number of benzene rings is 3. The smallest absolute Gasteiger partial charge is 0.337 e. The molecule has 3 aromatic carbocycles. The first-order valence-corrected chi connectivity index (χ1v) is 11.5. The SMILES string of the molecule is COC(=O)c1cc(NC(=O)c2ccc(Cl)c(S(=O)(=O)Nc3ccccc3)c2)cc(C(=O)OC)c1. The molecule has 3 rings (SSSR count). The highest BCUT2D eigenvalue weighted by Crippen LogP contribution is 2.26. The van der Waals surface area contributed by atoms with Gasteiger partial charge in [0.25, 0.3) is 15.9 Å². The molecule has 3 aromatic rings. The maximum atomic E-state index is 12.9. The van der Waals surface area contributed by atoms with Crippen LogP contribution < -0.4 is 10.0 Å². The zero-order chi connectivity index (χ0) is 24.9. The molecule has 176 valence electrons. The summed E-state index contributed by atoms with van der Waals surface area (Å²) in [5, 5.41) is 2.45. The van der Waals surface area contributed by atoms with Crippen LogP contribution in [-0.2, 0) is 19.5 Å². The number of hydrogen-bond donors (Lipinski definition) is 2. The summed E-state index contributed by atoms with van der Waals surface area (Å²) in [5.41, 5.74) is 0.402. The zero-order valence-electron chi connectivity index (χ0n) is 18.0. The van der Waals surface area contributed by atoms with Crippen LogP contribution in [0.5, 0.6) is 0 Å². The van der Waals surface area contributed by atoms with E-state index in [2.05, 4.69) is 19.5 Å². The van der Waals surface area contributed by atoms with Crippen molar-refractivity contribution in [3.8, 4) is 0 Å². The van der Waals surface area contributed by atoms with Gasteiger partial charge in [-0.1, -0.05) is 29.8 Å². The standard InChI is InChI=1S/C23H19ClN2O7S/c1-32-22(28)15-10-16(23(29)33-2)12-18(11-15)25-21(27)14-8-9-19(24)20(13-14)34(30,31)26-17-6-4-3-5-7-17/h3-13,26H,1-2H3,(H,25,27). The number of anilines is 2. The van der Waals surface area contributed by atoms with E-state index in [0.717, 1.165) is 6.07 Å². The number of sulfonamides is 1. The normalized spacial score (nSPS) is 10.8. The third kappa shape index (κ3) is 5.72. The number of methoxy groups -OCH3 is 2. The summed E-state index contributed by atoms with van der Waals surface area (Å²) >= 11 is 6.10. The van der Waals surface area contributed by atoms with Crippen LogP contribution in [0.15, 0.2) is 71.6 Å². The van der Waals surface area contributed by atoms with Crippen molar-refractivity contribution in [2.75, 3.05) is 24.3 Å². The highest BCUT2D eigenvalue weighted by atomic mass is 35.5. The molecule has 0 aromatic heterocycles. The average Bonchev–Trinajstić information content (AvgIpc) is 2.83. The van der Waals surface area contributed by atoms with Crippen LogP contribution in [0.2, 0.25) is 5.02 Å². The minimum Gasteiger partial charge on any atom is -0.465 e. The molecule has 2 N–H and O–H groups in total. The molecular formula is C23H19ClN2O7S. The number of nitrogens with one attached hydrogen (secondary N) is 2. The molecule has 0 unspecified atom stereocenters. The molecule has 0 heterocycles. The summed E-state index contributed by atoms with van der Waals surface area (Å²) < 4.78 is 37.4. The van der Waals surface area contributed by atoms with Gasteiger partial charge in [-0.2, -0.15) is 0 Å². The van der Waals surface area contributed by atoms with Crippen molar-refractivity contribution in [3.05, 3.63) is 88.4 Å². The highest BCUT2D eigenvalue weighted by Gasteiger charge is 2.21. The van der Waals surface area contributed by atoms with Crippen LogP contribution in [0.1, 0.15) is 31.1 Å². The van der Waals surface area contributed by atoms with Crippen molar-refractivity contribution in [1.29, 1.82) is 0 Å². The number of amides is 1. The predicted octanol–water partition coefficient (Wildman–Crippen LogP) is 3.97. The third-order valence-electron chi connectivity index (χ3n) is 4.54. The van der Waals surface area contributed by atoms with Gasteiger partial charge in [0.15, 0.2) is 0 Å². The van der Waals surface area contributed by atoms with E-state index < -0.39 is 27.9 Å². The Morgan fingerprint density at radius 2 is 1.35 bits per heavy atom. The summed E-state index contributed by atoms with van der Waals surface area (Å²) in [6.07, 6.45) is 0. The summed E-state index contributed by atoms with van der Waals surface area (Å²) in [6.45, 7) is 0. The van der Waals surface area contributed by atoms with Crippen molar-refractivity contribution in [2.45, 2.75) is 4.90 Å². The van der Waals surface area contributed by atoms with Crippen LogP contribution in [0.25, 0.3) is 0 Å². The van der Waals surface area contributed by atoms with Gasteiger partial charge in [-0.15, -0.1) is 0 Å². The molecule has 0 saturated carbocycles. The molecule has 0 bridgehead atoms. The van der Waals surface area contributed by atoms with E-state index in [9.17, 15) is 22.8 Å². The lowest BCUT2D eigenvalue weighted by molar-refractivity contribution is 0.0598. The van der Waals surface area contributed by atoms with Gasteiger partial charge in [-0.3, -0.25) is 9.52 Å². The number of esters is 2. The molecule has 11 heteroatoms. The lowest BCUT2D eigenvalue weighted by atomic mass is 10.1. The summed E-state index contributed by atoms with van der Waals surface area (Å²) in [4.78, 5) is 36.5. The van der Waals surface area contributed by atoms with Gasteiger partial charge in [0, 0.05) is 16.9 Å². The fourth-order valence-electron chi connectivity index (χ4n) is 2.94. The Morgan fingerprint density at radius 3 is 1.91 bits per heavy atom. The van der Waals surface area contributed by atoms with Gasteiger partial charge in [0.05, 0.1) is 30.4 Å². The number of hydrogen-bond acceptors (Lipinski definition) is 7. The Balaban J connectivity index is 1.93. The van der Waals surface area contributed by atoms with Crippen LogP contribution in [-0.4, -0.2) is 40.5 Å². The minimum atomic E-state index is -4.10. The van der Waals surface area contributed by atoms with E-state index in [1.165, 1.54) is 44.6 Å². The van der Waals surface area contributed by atoms with Crippen LogP contribution in [0.3, 0.4) is 0 Å². The number of carbonyl (C=O) groups excluding carboxylic acids is 3. The second-order valence-electron chi connectivity index (χ2n) is 6.85. The van der Waals surface area contributed by atoms with E-state index in [1.54, 1.807) is 30.3 Å². The largest absolute Gasteiger partial charge is 0.465 e. The van der Waals surface area contributed by atoms with Crippen molar-refractivity contribution >= 4 is 50.8 Å². The molecule has 0 spiro atoms. The maximum Gasteiger partial charge on any atom is 0.337 e. The fraction of sp³-hybridized carbons (Fsp3) is 0.0870. The van der Waals surface area contributed by atoms with E-state index >= 15 is 0 Å². The van der Waals surface area contributed by atoms with Gasteiger partial charge in [0.2, 0.25) is 0 Å². The van der Waals surface area contributed by atoms with Crippen molar-refractivity contribution in [3.63, 3.8) is 0 Å². The van der Waals surface area contributed by atoms with Crippen molar-refractivity contribution in [1.82, 2.24) is 0 Å². The van der Waals surface area contributed by atoms with Crippen molar-refractivity contribution < 1.29 is 32.3 Å². The van der Waals surface area contributed by atoms with Crippen LogP contribution >= 0.6 is 11.6 Å². The van der Waals surface area contributed by atoms with Gasteiger partial charge in [0.1, 0.15) is 4.90 Å². The number of carbonyl (C=O) groups is 3. The van der Waals surface area contributed by atoms with E-state index in [1.807, 2.05) is 0 Å². The van der Waals surface area contributed by atoms with Crippen LogP contribution in [0.4, 0.5) is 11.4 Å². The summed E-state index contributed by atoms with van der Waals surface area (Å²) in [6, 6.07) is 15.8. The second-order valence-corrected chi connectivity index (χ2v) is 8.91. The lowest BCUT2D eigenvalue weighted by Gasteiger charge is -2.12. The summed E-state index contributed by atoms with van der Waals surface area (Å²) in [7, 11) is -1.76. The van der Waals surface area contributed by atoms with E-state index in [-0.39, 0.29) is 32.3 Å². The molecule has 0 radical (unpaired) electrons. The van der Waals surface area contributed by atoms with Gasteiger partial charge in [-0.25, -0.2) is 18.0 Å². The topological polar surface area (TPSA) is 128 Å². The van der Waals surface area contributed by atoms with E-state index in [4.69, 9.17) is 11.6 Å². The van der Waals surface area contributed by atoms with Crippen LogP contribution in [0, 0.1) is 0 Å². The Hall–Kier alpha value is -3.89. The molecule has 34 heavy (non-hydrogen) atoms. The fourth-order valence-corrected chi connectivity index (χ4v) is 4.53. The molecule has 0 aliphatic heterocycles. The third-order valence-corrected chi connectivity index (χ3v) is 6.40. The Bertz CT molecular complexity index is 1320. The van der Waals surface area contributed by atoms with Gasteiger partial charge < -0.3 is 14.8 Å². The minimum absolute atomic E-state index is 0.00661. The highest BCUT2D eigenvalue weighted by molar-refractivity contribution is 7.92. The van der Waals surface area contributed by atoms with Crippen molar-refractivity contribution in [2.24, 2.45) is 0 Å². The Morgan fingerprint density at radius 1 is 0.765 bits per heavy atom. The molecule has 0 atom stereocenters. The second kappa shape index (κ2) is 10.4. The monoisotopic (exact) mass is 502 g/mol. The number of halogens is 1. The molecule has 1 amide bonds. The number of para-hydroxylation sites is 1. The molecule has 9 nitrogen and oxygen atoms in total. The maximum absolute atomic E-state index is 12.9. The van der Waals surface area contributed by atoms with Gasteiger partial charge in [-0.05, 0) is 48.5 Å². The molecular weight excluding hydrogens is 484 g/mol. The van der Waals surface area contributed by atoms with E-state index in [0.29, 0.717) is 5.69 Å². The quantitative estimate of drug-likeness (QED) is 0.468. The summed E-state index contributed by atoms with van der Waals surface area (Å²) in [5.74, 6) is -2.16. The number of ether oxygens (including phenoxy) is 2. The molecule has 0 aliphatic rings. The molecule has 0 fully saturated rings. The molecule has 0 aliphatic carbocycles. The molecule has 0 saturated heterocycles.